The van der Waals surface area contributed by atoms with Crippen molar-refractivity contribution >= 4 is 0 Å². The van der Waals surface area contributed by atoms with E-state index in [2.05, 4.69) is 4.98 Å². The number of hydrogen-bond donors (Lipinski definition) is 3. The lowest BCUT2D eigenvalue weighted by atomic mass is 10.4. The molecule has 1 rings (SSSR count). The number of nitrogens with zero attached hydrogens (tertiary/aromatic N) is 2. The van der Waals surface area contributed by atoms with E-state index in [4.69, 9.17) is 15.3 Å². The van der Waals surface area contributed by atoms with Gasteiger partial charge >= 0.3 is 0 Å². The van der Waals surface area contributed by atoms with Crippen LogP contribution in [0.3, 0.4) is 0 Å². The molecule has 0 amide bonds. The van der Waals surface area contributed by atoms with Crippen molar-refractivity contribution in [2.75, 3.05) is 6.61 Å². The molecule has 1 aromatic heterocycles. The fourth-order valence-electron chi connectivity index (χ4n) is 0.749. The Labute approximate surface area is 63.5 Å². The fraction of sp³-hybridized carbons (Fsp3) is 0.500. The first-order valence-corrected chi connectivity index (χ1v) is 3.22. The second kappa shape index (κ2) is 3.36. The summed E-state index contributed by atoms with van der Waals surface area (Å²) in [4.78, 5) is 3.53. The highest BCUT2D eigenvalue weighted by Gasteiger charge is 2.03. The molecule has 11 heavy (non-hydrogen) atoms. The Bertz CT molecular complexity index is 223. The molecule has 0 saturated carbocycles. The van der Waals surface area contributed by atoms with Crippen LogP contribution in [-0.4, -0.2) is 37.6 Å². The Hall–Kier alpha value is -1.07. The Kier molecular flexibility index (Phi) is 2.45. The van der Waals surface area contributed by atoms with Crippen LogP contribution in [0, 0.1) is 0 Å². The molecular weight excluding hydrogens is 148 g/mol. The topological polar surface area (TPSA) is 78.5 Å². The van der Waals surface area contributed by atoms with Gasteiger partial charge in [0.05, 0.1) is 31.8 Å². The standard InChI is InChI=1S/C6H10N2O3/c9-3-5(10)1-8-2-6(11)7-4-8/h2,4-5,9-11H,1,3H2. The average molecular weight is 158 g/mol. The molecule has 0 radical (unpaired) electrons. The van der Waals surface area contributed by atoms with Crippen molar-refractivity contribution < 1.29 is 15.3 Å². The molecule has 0 aliphatic rings. The summed E-state index contributed by atoms with van der Waals surface area (Å²) in [6.45, 7) is -0.0526. The summed E-state index contributed by atoms with van der Waals surface area (Å²) >= 11 is 0. The lowest BCUT2D eigenvalue weighted by molar-refractivity contribution is 0.0811. The first-order valence-electron chi connectivity index (χ1n) is 3.22. The zero-order valence-corrected chi connectivity index (χ0v) is 5.88. The van der Waals surface area contributed by atoms with Gasteiger partial charge in [-0.15, -0.1) is 0 Å². The van der Waals surface area contributed by atoms with Gasteiger partial charge in [0.1, 0.15) is 0 Å². The maximum atomic E-state index is 8.94. The van der Waals surface area contributed by atoms with Crippen LogP contribution < -0.4 is 0 Å². The highest BCUT2D eigenvalue weighted by Crippen LogP contribution is 2.02. The zero-order chi connectivity index (χ0) is 8.27. The van der Waals surface area contributed by atoms with E-state index >= 15 is 0 Å². The molecular formula is C6H10N2O3. The van der Waals surface area contributed by atoms with Crippen molar-refractivity contribution in [1.29, 1.82) is 0 Å². The zero-order valence-electron chi connectivity index (χ0n) is 5.88. The molecule has 62 valence electrons. The van der Waals surface area contributed by atoms with Gasteiger partial charge in [-0.3, -0.25) is 0 Å². The SMILES string of the molecule is OCC(O)Cn1cnc(O)c1. The molecule has 5 nitrogen and oxygen atoms in total. The van der Waals surface area contributed by atoms with Crippen LogP contribution in [-0.2, 0) is 6.54 Å². The first kappa shape index (κ1) is 8.03. The third-order valence-corrected chi connectivity index (χ3v) is 1.25. The third kappa shape index (κ3) is 2.21. The molecule has 1 heterocycles. The van der Waals surface area contributed by atoms with Crippen LogP contribution >= 0.6 is 0 Å². The van der Waals surface area contributed by atoms with Gasteiger partial charge in [-0.05, 0) is 0 Å². The number of hydrogen-bond acceptors (Lipinski definition) is 4. The highest BCUT2D eigenvalue weighted by molar-refractivity contribution is 5.00. The molecule has 3 N–H and O–H groups in total. The van der Waals surface area contributed by atoms with E-state index in [0.717, 1.165) is 0 Å². The number of aliphatic hydroxyl groups is 2. The molecule has 1 unspecified atom stereocenters. The summed E-state index contributed by atoms with van der Waals surface area (Å²) in [5, 5.41) is 26.2. The number of rotatable bonds is 3. The summed E-state index contributed by atoms with van der Waals surface area (Å²) in [6, 6.07) is 0. The van der Waals surface area contributed by atoms with E-state index in [-0.39, 0.29) is 19.0 Å². The lowest BCUT2D eigenvalue weighted by Gasteiger charge is -2.05. The van der Waals surface area contributed by atoms with Gasteiger partial charge in [-0.25, -0.2) is 4.98 Å². The quantitative estimate of drug-likeness (QED) is 0.524. The summed E-state index contributed by atoms with van der Waals surface area (Å²) in [7, 11) is 0. The van der Waals surface area contributed by atoms with Crippen LogP contribution in [0.25, 0.3) is 0 Å². The molecule has 0 saturated heterocycles. The molecule has 5 heteroatoms. The van der Waals surface area contributed by atoms with E-state index < -0.39 is 6.10 Å². The van der Waals surface area contributed by atoms with Crippen LogP contribution in [0.2, 0.25) is 0 Å². The van der Waals surface area contributed by atoms with Gasteiger partial charge in [-0.2, -0.15) is 0 Å². The second-order valence-corrected chi connectivity index (χ2v) is 2.27. The molecule has 0 aromatic carbocycles. The van der Waals surface area contributed by atoms with Gasteiger partial charge in [0.2, 0.25) is 5.88 Å². The highest BCUT2D eigenvalue weighted by atomic mass is 16.3. The smallest absolute Gasteiger partial charge is 0.229 e. The Morgan fingerprint density at radius 1 is 1.64 bits per heavy atom. The van der Waals surface area contributed by atoms with Gasteiger partial charge < -0.3 is 19.9 Å². The lowest BCUT2D eigenvalue weighted by Crippen LogP contribution is -2.18. The minimum Gasteiger partial charge on any atom is -0.492 e. The normalized spacial score (nSPS) is 13.3. The minimum absolute atomic E-state index is 0.0878. The van der Waals surface area contributed by atoms with Crippen molar-refractivity contribution in [3.8, 4) is 5.88 Å². The summed E-state index contributed by atoms with van der Waals surface area (Å²) in [5.41, 5.74) is 0. The van der Waals surface area contributed by atoms with Gasteiger partial charge in [0.15, 0.2) is 0 Å². The molecule has 0 spiro atoms. The van der Waals surface area contributed by atoms with Gasteiger partial charge in [-0.1, -0.05) is 0 Å². The maximum Gasteiger partial charge on any atom is 0.229 e. The second-order valence-electron chi connectivity index (χ2n) is 2.27. The van der Waals surface area contributed by atoms with Crippen LogP contribution in [0.5, 0.6) is 5.88 Å². The predicted octanol–water partition coefficient (Wildman–Crippen LogP) is -1.06. The Morgan fingerprint density at radius 2 is 2.36 bits per heavy atom. The third-order valence-electron chi connectivity index (χ3n) is 1.25. The summed E-state index contributed by atoms with van der Waals surface area (Å²) < 4.78 is 1.50. The molecule has 0 aliphatic carbocycles. The van der Waals surface area contributed by atoms with Crippen LogP contribution in [0.15, 0.2) is 12.5 Å². The molecule has 1 aromatic rings. The van der Waals surface area contributed by atoms with Crippen molar-refractivity contribution in [3.05, 3.63) is 12.5 Å². The molecule has 0 fully saturated rings. The van der Waals surface area contributed by atoms with Crippen LogP contribution in [0.1, 0.15) is 0 Å². The molecule has 1 atom stereocenters. The van der Waals surface area contributed by atoms with E-state index in [1.54, 1.807) is 0 Å². The van der Waals surface area contributed by atoms with Crippen molar-refractivity contribution in [2.24, 2.45) is 0 Å². The maximum absolute atomic E-state index is 8.94. The van der Waals surface area contributed by atoms with Crippen molar-refractivity contribution in [1.82, 2.24) is 9.55 Å². The number of aromatic nitrogens is 2. The number of aliphatic hydroxyl groups excluding tert-OH is 2. The minimum atomic E-state index is -0.802. The monoisotopic (exact) mass is 158 g/mol. The predicted molar refractivity (Wildman–Crippen MR) is 37.0 cm³/mol. The van der Waals surface area contributed by atoms with E-state index in [1.807, 2.05) is 0 Å². The van der Waals surface area contributed by atoms with Crippen LogP contribution in [0.4, 0.5) is 0 Å². The van der Waals surface area contributed by atoms with E-state index in [9.17, 15) is 0 Å². The summed E-state index contributed by atoms with van der Waals surface area (Å²) in [6.07, 6.45) is 1.95. The van der Waals surface area contributed by atoms with Gasteiger partial charge in [0, 0.05) is 0 Å². The van der Waals surface area contributed by atoms with Gasteiger partial charge in [0.25, 0.3) is 0 Å². The van der Waals surface area contributed by atoms with E-state index in [0.29, 0.717) is 0 Å². The number of aromatic hydroxyl groups is 1. The molecule has 0 aliphatic heterocycles. The first-order chi connectivity index (χ1) is 5.22. The Morgan fingerprint density at radius 3 is 2.82 bits per heavy atom. The fourth-order valence-corrected chi connectivity index (χ4v) is 0.749. The average Bonchev–Trinajstić information content (AvgIpc) is 2.35. The Balaban J connectivity index is 2.50. The van der Waals surface area contributed by atoms with Crippen molar-refractivity contribution in [2.45, 2.75) is 12.6 Å². The van der Waals surface area contributed by atoms with Crippen molar-refractivity contribution in [3.63, 3.8) is 0 Å². The molecule has 0 bridgehead atoms. The number of imidazole rings is 1. The summed E-state index contributed by atoms with van der Waals surface area (Å²) in [5.74, 6) is -0.0878. The largest absolute Gasteiger partial charge is 0.492 e. The van der Waals surface area contributed by atoms with E-state index in [1.165, 1.54) is 17.1 Å².